The Kier molecular flexibility index (Phi) is 5.67. The van der Waals surface area contributed by atoms with Gasteiger partial charge in [0.15, 0.2) is 0 Å². The Labute approximate surface area is 171 Å². The van der Waals surface area contributed by atoms with Gasteiger partial charge in [-0.1, -0.05) is 0 Å². The molecule has 2 aromatic heterocycles. The second-order valence-electron chi connectivity index (χ2n) is 7.06. The first-order valence-corrected chi connectivity index (χ1v) is 10.3. The standard InChI is InChI=1S/C21H22F2N2O3S/c1-13-9-14-10-18(20(26)19-16(22)11-15(27-2)12-17(19)23)29-21(14)25(13)4-3-24-5-7-28-8-6-24/h9-12H,3-8H2,1-2H3. The number of methoxy groups -OCH3 is 1. The molecule has 1 fully saturated rings. The molecule has 0 bridgehead atoms. The molecule has 8 heteroatoms. The molecule has 29 heavy (non-hydrogen) atoms. The van der Waals surface area contributed by atoms with Gasteiger partial charge in [0.05, 0.1) is 30.8 Å². The Morgan fingerprint density at radius 2 is 1.83 bits per heavy atom. The molecule has 154 valence electrons. The van der Waals surface area contributed by atoms with Crippen molar-refractivity contribution in [2.24, 2.45) is 0 Å². The first-order chi connectivity index (χ1) is 14.0. The average Bonchev–Trinajstić information content (AvgIpc) is 3.23. The van der Waals surface area contributed by atoms with Gasteiger partial charge in [0.2, 0.25) is 5.78 Å². The number of hydrogen-bond donors (Lipinski definition) is 0. The predicted octanol–water partition coefficient (Wildman–Crippen LogP) is 3.86. The van der Waals surface area contributed by atoms with E-state index in [0.29, 0.717) is 4.88 Å². The molecule has 0 aliphatic carbocycles. The number of carbonyl (C=O) groups excluding carboxylic acids is 1. The molecule has 1 aliphatic heterocycles. The summed E-state index contributed by atoms with van der Waals surface area (Å²) in [4.78, 5) is 16.4. The molecule has 0 N–H and O–H groups in total. The van der Waals surface area contributed by atoms with Crippen molar-refractivity contribution in [2.45, 2.75) is 13.5 Å². The van der Waals surface area contributed by atoms with Crippen LogP contribution in [0.4, 0.5) is 8.78 Å². The number of ketones is 1. The van der Waals surface area contributed by atoms with Crippen LogP contribution in [0.2, 0.25) is 0 Å². The van der Waals surface area contributed by atoms with Crippen LogP contribution in [0.5, 0.6) is 5.75 Å². The van der Waals surface area contributed by atoms with Crippen molar-refractivity contribution >= 4 is 27.3 Å². The molecule has 0 atom stereocenters. The van der Waals surface area contributed by atoms with Gasteiger partial charge in [0.25, 0.3) is 0 Å². The number of hydrogen-bond acceptors (Lipinski definition) is 5. The number of nitrogens with zero attached hydrogens (tertiary/aromatic N) is 2. The predicted molar refractivity (Wildman–Crippen MR) is 108 cm³/mol. The summed E-state index contributed by atoms with van der Waals surface area (Å²) in [5, 5.41) is 0.909. The summed E-state index contributed by atoms with van der Waals surface area (Å²) in [7, 11) is 1.32. The van der Waals surface area contributed by atoms with Gasteiger partial charge in [0.1, 0.15) is 22.2 Å². The highest BCUT2D eigenvalue weighted by atomic mass is 32.1. The number of aryl methyl sites for hydroxylation is 1. The quantitative estimate of drug-likeness (QED) is 0.568. The van der Waals surface area contributed by atoms with Gasteiger partial charge in [-0.15, -0.1) is 11.3 Å². The van der Waals surface area contributed by atoms with Crippen LogP contribution < -0.4 is 4.74 Å². The number of morpholine rings is 1. The van der Waals surface area contributed by atoms with E-state index in [1.807, 2.05) is 13.0 Å². The molecule has 0 amide bonds. The molecule has 0 radical (unpaired) electrons. The monoisotopic (exact) mass is 420 g/mol. The third-order valence-electron chi connectivity index (χ3n) is 5.22. The summed E-state index contributed by atoms with van der Waals surface area (Å²) in [6, 6.07) is 5.76. The van der Waals surface area contributed by atoms with Crippen LogP contribution >= 0.6 is 11.3 Å². The highest BCUT2D eigenvalue weighted by Gasteiger charge is 2.23. The van der Waals surface area contributed by atoms with Gasteiger partial charge in [-0.3, -0.25) is 9.69 Å². The third-order valence-corrected chi connectivity index (χ3v) is 6.39. The van der Waals surface area contributed by atoms with Gasteiger partial charge in [-0.25, -0.2) is 8.78 Å². The number of benzene rings is 1. The number of ether oxygens (including phenoxy) is 2. The largest absolute Gasteiger partial charge is 0.497 e. The molecule has 0 saturated carbocycles. The van der Waals surface area contributed by atoms with E-state index in [0.717, 1.165) is 67.4 Å². The van der Waals surface area contributed by atoms with Crippen molar-refractivity contribution in [2.75, 3.05) is 40.0 Å². The summed E-state index contributed by atoms with van der Waals surface area (Å²) in [6.07, 6.45) is 0. The number of fused-ring (bicyclic) bond motifs is 1. The van der Waals surface area contributed by atoms with E-state index in [-0.39, 0.29) is 5.75 Å². The van der Waals surface area contributed by atoms with Crippen LogP contribution in [0.15, 0.2) is 24.3 Å². The van der Waals surface area contributed by atoms with Gasteiger partial charge in [-0.2, -0.15) is 0 Å². The number of aromatic nitrogens is 1. The zero-order chi connectivity index (χ0) is 20.5. The molecule has 4 rings (SSSR count). The van der Waals surface area contributed by atoms with Crippen LogP contribution in [-0.2, 0) is 11.3 Å². The van der Waals surface area contributed by atoms with E-state index < -0.39 is 23.0 Å². The lowest BCUT2D eigenvalue weighted by molar-refractivity contribution is 0.0365. The molecular formula is C21H22F2N2O3S. The van der Waals surface area contributed by atoms with Gasteiger partial charge >= 0.3 is 0 Å². The van der Waals surface area contributed by atoms with Crippen molar-refractivity contribution in [3.05, 3.63) is 52.0 Å². The third kappa shape index (κ3) is 3.92. The zero-order valence-electron chi connectivity index (χ0n) is 16.3. The molecule has 1 aliphatic rings. The Hall–Kier alpha value is -2.29. The highest BCUT2D eigenvalue weighted by molar-refractivity contribution is 7.20. The van der Waals surface area contributed by atoms with Crippen LogP contribution in [-0.4, -0.2) is 55.2 Å². The maximum atomic E-state index is 14.3. The smallest absolute Gasteiger partial charge is 0.208 e. The van der Waals surface area contributed by atoms with Crippen molar-refractivity contribution < 1.29 is 23.0 Å². The molecular weight excluding hydrogens is 398 g/mol. The van der Waals surface area contributed by atoms with Gasteiger partial charge in [-0.05, 0) is 19.1 Å². The van der Waals surface area contributed by atoms with E-state index in [4.69, 9.17) is 9.47 Å². The Morgan fingerprint density at radius 1 is 1.14 bits per heavy atom. The second kappa shape index (κ2) is 8.22. The fourth-order valence-corrected chi connectivity index (χ4v) is 4.81. The summed E-state index contributed by atoms with van der Waals surface area (Å²) in [5.74, 6) is -2.45. The van der Waals surface area contributed by atoms with Crippen molar-refractivity contribution in [3.63, 3.8) is 0 Å². The van der Waals surface area contributed by atoms with Crippen LogP contribution in [0, 0.1) is 18.6 Å². The average molecular weight is 420 g/mol. The molecule has 1 aromatic carbocycles. The maximum absolute atomic E-state index is 14.3. The number of halogens is 2. The minimum atomic E-state index is -0.920. The van der Waals surface area contributed by atoms with Crippen LogP contribution in [0.1, 0.15) is 20.9 Å². The fourth-order valence-electron chi connectivity index (χ4n) is 3.64. The molecule has 0 unspecified atom stereocenters. The topological polar surface area (TPSA) is 43.7 Å². The first kappa shape index (κ1) is 20.0. The van der Waals surface area contributed by atoms with Crippen molar-refractivity contribution in [1.82, 2.24) is 9.47 Å². The van der Waals surface area contributed by atoms with E-state index >= 15 is 0 Å². The summed E-state index contributed by atoms with van der Waals surface area (Å²) >= 11 is 1.27. The molecule has 1 saturated heterocycles. The number of rotatable bonds is 6. The summed E-state index contributed by atoms with van der Waals surface area (Å²) < 4.78 is 41.1. The fraction of sp³-hybridized carbons (Fsp3) is 0.381. The summed E-state index contributed by atoms with van der Waals surface area (Å²) in [6.45, 7) is 7.01. The van der Waals surface area contributed by atoms with Crippen molar-refractivity contribution in [3.8, 4) is 5.75 Å². The van der Waals surface area contributed by atoms with E-state index in [9.17, 15) is 13.6 Å². The van der Waals surface area contributed by atoms with E-state index in [1.165, 1.54) is 18.4 Å². The normalized spacial score (nSPS) is 15.2. The second-order valence-corrected chi connectivity index (χ2v) is 8.09. The zero-order valence-corrected chi connectivity index (χ0v) is 17.2. The molecule has 3 aromatic rings. The minimum Gasteiger partial charge on any atom is -0.497 e. The Morgan fingerprint density at radius 3 is 2.48 bits per heavy atom. The lowest BCUT2D eigenvalue weighted by Gasteiger charge is -2.26. The van der Waals surface area contributed by atoms with Crippen molar-refractivity contribution in [1.29, 1.82) is 0 Å². The summed E-state index contributed by atoms with van der Waals surface area (Å²) in [5.41, 5.74) is 0.548. The number of thiophene rings is 1. The minimum absolute atomic E-state index is 0.0399. The SMILES string of the molecule is COc1cc(F)c(C(=O)c2cc3cc(C)n(CCN4CCOCC4)c3s2)c(F)c1. The van der Waals surface area contributed by atoms with Crippen LogP contribution in [0.25, 0.3) is 10.2 Å². The highest BCUT2D eigenvalue weighted by Crippen LogP contribution is 2.32. The van der Waals surface area contributed by atoms with Gasteiger partial charge in [0, 0.05) is 49.4 Å². The maximum Gasteiger partial charge on any atom is 0.208 e. The molecule has 5 nitrogen and oxygen atoms in total. The number of carbonyl (C=O) groups is 1. The van der Waals surface area contributed by atoms with Gasteiger partial charge < -0.3 is 14.0 Å². The first-order valence-electron chi connectivity index (χ1n) is 9.45. The Bertz CT molecular complexity index is 1030. The lowest BCUT2D eigenvalue weighted by atomic mass is 10.1. The van der Waals surface area contributed by atoms with E-state index in [1.54, 1.807) is 6.07 Å². The van der Waals surface area contributed by atoms with Crippen LogP contribution in [0.3, 0.4) is 0 Å². The molecule has 3 heterocycles. The molecule has 0 spiro atoms. The van der Waals surface area contributed by atoms with E-state index in [2.05, 4.69) is 9.47 Å². The Balaban J connectivity index is 1.61. The lowest BCUT2D eigenvalue weighted by Crippen LogP contribution is -2.38.